The number of rotatable bonds is 5. The molecule has 0 radical (unpaired) electrons. The Morgan fingerprint density at radius 1 is 1.33 bits per heavy atom. The summed E-state index contributed by atoms with van der Waals surface area (Å²) in [5.41, 5.74) is 0. The van der Waals surface area contributed by atoms with Crippen LogP contribution in [0.4, 0.5) is 0 Å². The first-order valence-corrected chi connectivity index (χ1v) is 9.30. The summed E-state index contributed by atoms with van der Waals surface area (Å²) in [5, 5.41) is 3.57. The van der Waals surface area contributed by atoms with Gasteiger partial charge in [-0.15, -0.1) is 23.1 Å². The largest absolute Gasteiger partial charge is 0.487 e. The molecule has 2 aromatic rings. The third-order valence-corrected chi connectivity index (χ3v) is 5.89. The number of hydrogen-bond acceptors (Lipinski definition) is 4. The molecule has 2 nitrogen and oxygen atoms in total. The van der Waals surface area contributed by atoms with Crippen molar-refractivity contribution in [2.75, 3.05) is 12.3 Å². The Morgan fingerprint density at radius 2 is 2.19 bits per heavy atom. The van der Waals surface area contributed by atoms with Crippen LogP contribution in [0.1, 0.15) is 11.8 Å². The monoisotopic (exact) mass is 339 g/mol. The fourth-order valence-corrected chi connectivity index (χ4v) is 4.73. The van der Waals surface area contributed by atoms with Gasteiger partial charge in [0.15, 0.2) is 0 Å². The van der Waals surface area contributed by atoms with Crippen LogP contribution in [-0.4, -0.2) is 24.4 Å². The van der Waals surface area contributed by atoms with Crippen LogP contribution >= 0.6 is 34.7 Å². The van der Waals surface area contributed by atoms with Crippen LogP contribution in [0, 0.1) is 0 Å². The van der Waals surface area contributed by atoms with Gasteiger partial charge in [-0.2, -0.15) is 0 Å². The van der Waals surface area contributed by atoms with E-state index in [0.29, 0.717) is 6.04 Å². The van der Waals surface area contributed by atoms with Gasteiger partial charge >= 0.3 is 0 Å². The summed E-state index contributed by atoms with van der Waals surface area (Å²) in [6.45, 7) is 3.08. The topological polar surface area (TPSA) is 21.3 Å². The van der Waals surface area contributed by atoms with Crippen LogP contribution in [0.5, 0.6) is 5.75 Å². The summed E-state index contributed by atoms with van der Waals surface area (Å²) in [4.78, 5) is 2.54. The summed E-state index contributed by atoms with van der Waals surface area (Å²) in [7, 11) is 0. The molecule has 112 valence electrons. The Labute approximate surface area is 138 Å². The average Bonchev–Trinajstić information content (AvgIpc) is 2.91. The van der Waals surface area contributed by atoms with Gasteiger partial charge in [0.25, 0.3) is 0 Å². The smallest absolute Gasteiger partial charge is 0.133 e. The molecular formula is C16H18ClNOS2. The lowest BCUT2D eigenvalue weighted by molar-refractivity contribution is 0.166. The van der Waals surface area contributed by atoms with E-state index < -0.39 is 0 Å². The van der Waals surface area contributed by atoms with Crippen molar-refractivity contribution >= 4 is 34.7 Å². The van der Waals surface area contributed by atoms with E-state index in [2.05, 4.69) is 36.5 Å². The molecule has 1 aliphatic heterocycles. The predicted molar refractivity (Wildman–Crippen MR) is 92.1 cm³/mol. The van der Waals surface area contributed by atoms with Crippen molar-refractivity contribution in [1.29, 1.82) is 0 Å². The molecular weight excluding hydrogens is 322 g/mol. The highest BCUT2D eigenvalue weighted by molar-refractivity contribution is 7.99. The van der Waals surface area contributed by atoms with Crippen molar-refractivity contribution in [3.63, 3.8) is 0 Å². The fraction of sp³-hybridized carbons (Fsp3) is 0.375. The Balaban J connectivity index is 1.72. The summed E-state index contributed by atoms with van der Waals surface area (Å²) >= 11 is 9.57. The van der Waals surface area contributed by atoms with Crippen molar-refractivity contribution < 1.29 is 4.74 Å². The highest BCUT2D eigenvalue weighted by atomic mass is 35.5. The lowest BCUT2D eigenvalue weighted by atomic mass is 10.1. The van der Waals surface area contributed by atoms with Crippen molar-refractivity contribution in [1.82, 2.24) is 5.32 Å². The minimum atomic E-state index is 0.186. The molecule has 0 saturated carbocycles. The minimum Gasteiger partial charge on any atom is -0.487 e. The Bertz CT molecular complexity index is 601. The molecule has 2 atom stereocenters. The van der Waals surface area contributed by atoms with Gasteiger partial charge in [0.1, 0.15) is 11.9 Å². The van der Waals surface area contributed by atoms with Gasteiger partial charge < -0.3 is 10.1 Å². The molecule has 21 heavy (non-hydrogen) atoms. The van der Waals surface area contributed by atoms with Crippen LogP contribution in [0.15, 0.2) is 41.3 Å². The number of nitrogens with one attached hydrogen (secondary N) is 1. The number of thiophene rings is 1. The zero-order valence-corrected chi connectivity index (χ0v) is 14.2. The summed E-state index contributed by atoms with van der Waals surface area (Å²) < 4.78 is 7.07. The molecule has 0 spiro atoms. The van der Waals surface area contributed by atoms with Gasteiger partial charge in [0.05, 0.1) is 4.34 Å². The Kier molecular flexibility index (Phi) is 5.11. The maximum Gasteiger partial charge on any atom is 0.133 e. The number of ether oxygens (including phenoxy) is 1. The molecule has 2 unspecified atom stereocenters. The number of hydrogen-bond donors (Lipinski definition) is 1. The first-order chi connectivity index (χ1) is 10.3. The molecule has 0 saturated heterocycles. The van der Waals surface area contributed by atoms with E-state index in [9.17, 15) is 0 Å². The quantitative estimate of drug-likeness (QED) is 0.868. The molecule has 0 aliphatic carbocycles. The summed E-state index contributed by atoms with van der Waals surface area (Å²) in [6.07, 6.45) is 1.14. The lowest BCUT2D eigenvalue weighted by Gasteiger charge is -2.32. The maximum atomic E-state index is 6.21. The van der Waals surface area contributed by atoms with E-state index in [4.69, 9.17) is 16.3 Å². The van der Waals surface area contributed by atoms with Crippen LogP contribution in [0.2, 0.25) is 4.34 Å². The summed E-state index contributed by atoms with van der Waals surface area (Å²) in [5.74, 6) is 1.99. The predicted octanol–water partition coefficient (Wildman–Crippen LogP) is 4.48. The van der Waals surface area contributed by atoms with E-state index in [1.807, 2.05) is 23.9 Å². The van der Waals surface area contributed by atoms with Gasteiger partial charge in [-0.3, -0.25) is 0 Å². The number of fused-ring (bicyclic) bond motifs is 1. The van der Waals surface area contributed by atoms with E-state index in [1.165, 1.54) is 9.77 Å². The number of para-hydroxylation sites is 1. The Hall–Kier alpha value is -0.680. The molecule has 0 fully saturated rings. The molecule has 1 aromatic carbocycles. The number of benzene rings is 1. The molecule has 3 rings (SSSR count). The third kappa shape index (κ3) is 3.75. The highest BCUT2D eigenvalue weighted by Crippen LogP contribution is 2.36. The SMILES string of the molecule is CCNC(Cc1ccc(Cl)s1)C1CSc2ccccc2O1. The second-order valence-corrected chi connectivity index (χ2v) is 7.85. The maximum absolute atomic E-state index is 6.21. The van der Waals surface area contributed by atoms with E-state index in [1.54, 1.807) is 11.3 Å². The van der Waals surface area contributed by atoms with Crippen LogP contribution < -0.4 is 10.1 Å². The molecule has 1 aromatic heterocycles. The lowest BCUT2D eigenvalue weighted by Crippen LogP contribution is -2.46. The van der Waals surface area contributed by atoms with Crippen LogP contribution in [-0.2, 0) is 6.42 Å². The molecule has 1 aliphatic rings. The van der Waals surface area contributed by atoms with Crippen LogP contribution in [0.3, 0.4) is 0 Å². The number of halogens is 1. The molecule has 0 bridgehead atoms. The fourth-order valence-electron chi connectivity index (χ4n) is 2.51. The van der Waals surface area contributed by atoms with Gasteiger partial charge in [-0.05, 0) is 30.8 Å². The van der Waals surface area contributed by atoms with Crippen molar-refractivity contribution in [3.8, 4) is 5.75 Å². The molecule has 2 heterocycles. The normalized spacial score (nSPS) is 18.9. The van der Waals surface area contributed by atoms with Gasteiger partial charge in [-0.25, -0.2) is 0 Å². The summed E-state index contributed by atoms with van der Waals surface area (Å²) in [6, 6.07) is 12.7. The second-order valence-electron chi connectivity index (χ2n) is 4.99. The molecule has 0 amide bonds. The standard InChI is InChI=1S/C16H18ClNOS2/c1-2-18-12(9-11-7-8-16(17)21-11)14-10-20-15-6-4-3-5-13(15)19-14/h3-8,12,14,18H,2,9-10H2,1H3. The van der Waals surface area contributed by atoms with Gasteiger partial charge in [-0.1, -0.05) is 30.7 Å². The van der Waals surface area contributed by atoms with Gasteiger partial charge in [0, 0.05) is 28.0 Å². The third-order valence-electron chi connectivity index (χ3n) is 3.50. The van der Waals surface area contributed by atoms with Crippen molar-refractivity contribution in [3.05, 3.63) is 45.6 Å². The molecule has 5 heteroatoms. The van der Waals surface area contributed by atoms with Crippen LogP contribution in [0.25, 0.3) is 0 Å². The zero-order chi connectivity index (χ0) is 14.7. The number of thioether (sulfide) groups is 1. The first kappa shape index (κ1) is 15.2. The van der Waals surface area contributed by atoms with Crippen molar-refractivity contribution in [2.24, 2.45) is 0 Å². The van der Waals surface area contributed by atoms with E-state index in [-0.39, 0.29) is 6.10 Å². The number of likely N-dealkylation sites (N-methyl/N-ethyl adjacent to an activating group) is 1. The van der Waals surface area contributed by atoms with Gasteiger partial charge in [0.2, 0.25) is 0 Å². The van der Waals surface area contributed by atoms with Crippen molar-refractivity contribution in [2.45, 2.75) is 30.4 Å². The first-order valence-electron chi connectivity index (χ1n) is 7.12. The zero-order valence-electron chi connectivity index (χ0n) is 11.8. The highest BCUT2D eigenvalue weighted by Gasteiger charge is 2.28. The minimum absolute atomic E-state index is 0.186. The van der Waals surface area contributed by atoms with E-state index in [0.717, 1.165) is 28.8 Å². The molecule has 1 N–H and O–H groups in total. The average molecular weight is 340 g/mol. The Morgan fingerprint density at radius 3 is 2.95 bits per heavy atom. The second kappa shape index (κ2) is 7.05. The van der Waals surface area contributed by atoms with E-state index >= 15 is 0 Å².